The molecule has 0 aliphatic rings. The zero-order valence-corrected chi connectivity index (χ0v) is 13.1. The lowest BCUT2D eigenvalue weighted by atomic mass is 10.1. The molecule has 2 nitrogen and oxygen atoms in total. The minimum absolute atomic E-state index is 0.0244. The van der Waals surface area contributed by atoms with Gasteiger partial charge in [-0.1, -0.05) is 60.3 Å². The molecule has 1 atom stereocenters. The second-order valence-corrected chi connectivity index (χ2v) is 5.73. The Kier molecular flexibility index (Phi) is 5.64. The number of carbonyl (C=O) groups is 1. The number of rotatable bonds is 6. The third-order valence-electron chi connectivity index (χ3n) is 3.33. The van der Waals surface area contributed by atoms with E-state index in [9.17, 15) is 4.79 Å². The summed E-state index contributed by atoms with van der Waals surface area (Å²) in [4.78, 5) is 14.4. The van der Waals surface area contributed by atoms with Gasteiger partial charge in [-0.25, -0.2) is 0 Å². The Morgan fingerprint density at radius 3 is 2.19 bits per heavy atom. The Bertz CT molecular complexity index is 595. The molecular weight excluding hydrogens is 278 g/mol. The van der Waals surface area contributed by atoms with Gasteiger partial charge in [-0.2, -0.15) is 0 Å². The van der Waals surface area contributed by atoms with Crippen molar-refractivity contribution in [2.75, 3.05) is 0 Å². The van der Waals surface area contributed by atoms with E-state index in [1.54, 1.807) is 16.7 Å². The van der Waals surface area contributed by atoms with Gasteiger partial charge in [-0.3, -0.25) is 4.79 Å². The molecular formula is C18H19NOS. The topological polar surface area (TPSA) is 20.3 Å². The first-order valence-electron chi connectivity index (χ1n) is 6.89. The van der Waals surface area contributed by atoms with Crippen molar-refractivity contribution < 1.29 is 4.79 Å². The van der Waals surface area contributed by atoms with Crippen LogP contribution in [0.15, 0.2) is 76.7 Å². The van der Waals surface area contributed by atoms with Crippen LogP contribution in [0.25, 0.3) is 0 Å². The predicted octanol–water partition coefficient (Wildman–Crippen LogP) is 4.86. The molecule has 0 aromatic heterocycles. The molecule has 2 aromatic rings. The van der Waals surface area contributed by atoms with Crippen molar-refractivity contribution >= 4 is 18.2 Å². The van der Waals surface area contributed by atoms with Gasteiger partial charge < -0.3 is 4.90 Å². The Labute approximate surface area is 130 Å². The second-order valence-electron chi connectivity index (χ2n) is 4.79. The molecule has 108 valence electrons. The number of allylic oxidation sites excluding steroid dienone is 1. The molecule has 2 aromatic carbocycles. The normalized spacial score (nSPS) is 12.8. The monoisotopic (exact) mass is 297 g/mol. The highest BCUT2D eigenvalue weighted by Gasteiger charge is 2.14. The standard InChI is InChI=1S/C18H19NOS/c1-15(13-21-18-11-7-4-8-12-18)19(14-20)16(2)17-9-5-3-6-10-17/h3-14,16H,1-2H3/b15-13+/t16-/m0/s1. The fourth-order valence-electron chi connectivity index (χ4n) is 2.09. The fourth-order valence-corrected chi connectivity index (χ4v) is 2.83. The van der Waals surface area contributed by atoms with Crippen LogP contribution in [0, 0.1) is 0 Å². The highest BCUT2D eigenvalue weighted by atomic mass is 32.2. The van der Waals surface area contributed by atoms with E-state index in [1.807, 2.05) is 67.8 Å². The minimum Gasteiger partial charge on any atom is -0.311 e. The van der Waals surface area contributed by atoms with Crippen LogP contribution in [0.5, 0.6) is 0 Å². The van der Waals surface area contributed by atoms with Crippen LogP contribution in [0.4, 0.5) is 0 Å². The lowest BCUT2D eigenvalue weighted by Gasteiger charge is -2.26. The second kappa shape index (κ2) is 7.70. The van der Waals surface area contributed by atoms with Crippen LogP contribution in [0.1, 0.15) is 25.5 Å². The summed E-state index contributed by atoms with van der Waals surface area (Å²) < 4.78 is 0. The molecule has 0 saturated carbocycles. The largest absolute Gasteiger partial charge is 0.311 e. The Balaban J connectivity index is 2.11. The zero-order chi connectivity index (χ0) is 15.1. The van der Waals surface area contributed by atoms with E-state index in [1.165, 1.54) is 0 Å². The van der Waals surface area contributed by atoms with Crippen molar-refractivity contribution in [2.24, 2.45) is 0 Å². The van der Waals surface area contributed by atoms with E-state index in [0.717, 1.165) is 22.6 Å². The molecule has 0 heterocycles. The van der Waals surface area contributed by atoms with Crippen molar-refractivity contribution in [3.63, 3.8) is 0 Å². The maximum absolute atomic E-state index is 11.4. The average molecular weight is 297 g/mol. The van der Waals surface area contributed by atoms with E-state index in [0.29, 0.717) is 0 Å². The summed E-state index contributed by atoms with van der Waals surface area (Å²) in [6, 6.07) is 20.2. The SMILES string of the molecule is C/C(=C\Sc1ccccc1)N(C=O)[C@@H](C)c1ccccc1. The first kappa shape index (κ1) is 15.4. The van der Waals surface area contributed by atoms with Crippen molar-refractivity contribution in [1.29, 1.82) is 0 Å². The Morgan fingerprint density at radius 1 is 1.05 bits per heavy atom. The third kappa shape index (κ3) is 4.23. The van der Waals surface area contributed by atoms with Gasteiger partial charge in [0.25, 0.3) is 0 Å². The maximum Gasteiger partial charge on any atom is 0.214 e. The number of benzene rings is 2. The van der Waals surface area contributed by atoms with Crippen LogP contribution in [0.3, 0.4) is 0 Å². The quantitative estimate of drug-likeness (QED) is 0.560. The van der Waals surface area contributed by atoms with Crippen LogP contribution in [-0.2, 0) is 4.79 Å². The lowest BCUT2D eigenvalue weighted by molar-refractivity contribution is -0.118. The van der Waals surface area contributed by atoms with E-state index < -0.39 is 0 Å². The van der Waals surface area contributed by atoms with Gasteiger partial charge in [0, 0.05) is 10.6 Å². The number of carbonyl (C=O) groups excluding carboxylic acids is 1. The Morgan fingerprint density at radius 2 is 1.62 bits per heavy atom. The molecule has 0 saturated heterocycles. The van der Waals surface area contributed by atoms with Gasteiger partial charge in [-0.15, -0.1) is 0 Å². The molecule has 1 amide bonds. The molecule has 0 fully saturated rings. The molecule has 0 aliphatic carbocycles. The van der Waals surface area contributed by atoms with Gasteiger partial charge in [0.1, 0.15) is 0 Å². The summed E-state index contributed by atoms with van der Waals surface area (Å²) in [7, 11) is 0. The summed E-state index contributed by atoms with van der Waals surface area (Å²) >= 11 is 1.62. The number of thioether (sulfide) groups is 1. The Hall–Kier alpha value is -2.00. The van der Waals surface area contributed by atoms with Gasteiger partial charge in [0.15, 0.2) is 0 Å². The van der Waals surface area contributed by atoms with E-state index >= 15 is 0 Å². The number of hydrogen-bond acceptors (Lipinski definition) is 2. The van der Waals surface area contributed by atoms with Crippen molar-refractivity contribution in [3.8, 4) is 0 Å². The molecule has 0 unspecified atom stereocenters. The summed E-state index contributed by atoms with van der Waals surface area (Å²) in [5.41, 5.74) is 2.07. The fraction of sp³-hybridized carbons (Fsp3) is 0.167. The number of amides is 1. The molecule has 2 rings (SSSR count). The van der Waals surface area contributed by atoms with Crippen molar-refractivity contribution in [3.05, 3.63) is 77.3 Å². The summed E-state index contributed by atoms with van der Waals surface area (Å²) in [5, 5.41) is 2.02. The van der Waals surface area contributed by atoms with Gasteiger partial charge in [0.2, 0.25) is 6.41 Å². The number of hydrogen-bond donors (Lipinski definition) is 0. The van der Waals surface area contributed by atoms with Gasteiger partial charge in [-0.05, 0) is 37.0 Å². The molecule has 21 heavy (non-hydrogen) atoms. The van der Waals surface area contributed by atoms with Crippen LogP contribution >= 0.6 is 11.8 Å². The summed E-state index contributed by atoms with van der Waals surface area (Å²) in [6.07, 6.45) is 0.898. The van der Waals surface area contributed by atoms with E-state index in [4.69, 9.17) is 0 Å². The molecule has 3 heteroatoms. The third-order valence-corrected chi connectivity index (χ3v) is 4.33. The molecule has 0 aliphatic heterocycles. The molecule has 0 N–H and O–H groups in total. The van der Waals surface area contributed by atoms with Crippen molar-refractivity contribution in [2.45, 2.75) is 24.8 Å². The maximum atomic E-state index is 11.4. The summed E-state index contributed by atoms with van der Waals surface area (Å²) in [5.74, 6) is 0. The van der Waals surface area contributed by atoms with Gasteiger partial charge >= 0.3 is 0 Å². The summed E-state index contributed by atoms with van der Waals surface area (Å²) in [6.45, 7) is 4.00. The van der Waals surface area contributed by atoms with Crippen molar-refractivity contribution in [1.82, 2.24) is 4.90 Å². The first-order valence-corrected chi connectivity index (χ1v) is 7.77. The van der Waals surface area contributed by atoms with Crippen LogP contribution in [0.2, 0.25) is 0 Å². The predicted molar refractivity (Wildman–Crippen MR) is 88.8 cm³/mol. The number of nitrogens with zero attached hydrogens (tertiary/aromatic N) is 1. The minimum atomic E-state index is 0.0244. The van der Waals surface area contributed by atoms with E-state index in [-0.39, 0.29) is 6.04 Å². The smallest absolute Gasteiger partial charge is 0.214 e. The zero-order valence-electron chi connectivity index (χ0n) is 12.3. The average Bonchev–Trinajstić information content (AvgIpc) is 2.55. The first-order chi connectivity index (χ1) is 10.2. The van der Waals surface area contributed by atoms with Gasteiger partial charge in [0.05, 0.1) is 6.04 Å². The van der Waals surface area contributed by atoms with E-state index in [2.05, 4.69) is 12.1 Å². The lowest BCUT2D eigenvalue weighted by Crippen LogP contribution is -2.23. The van der Waals surface area contributed by atoms with Crippen LogP contribution in [-0.4, -0.2) is 11.3 Å². The highest BCUT2D eigenvalue weighted by Crippen LogP contribution is 2.26. The van der Waals surface area contributed by atoms with Crippen LogP contribution < -0.4 is 0 Å². The molecule has 0 spiro atoms. The molecule has 0 radical (unpaired) electrons. The molecule has 0 bridgehead atoms. The highest BCUT2D eigenvalue weighted by molar-refractivity contribution is 8.02.